The smallest absolute Gasteiger partial charge is 0.805 e. The number of carbonyl (C=O) groups is 1. The number of pyridine rings is 2. The molecule has 3 N–H and O–H groups in total. The van der Waals surface area contributed by atoms with Crippen LogP contribution < -0.4 is 62.2 Å². The first kappa shape index (κ1) is 21.9. The third kappa shape index (κ3) is 5.43. The number of alkyl halides is 3. The van der Waals surface area contributed by atoms with Gasteiger partial charge in [-0.25, -0.2) is 9.78 Å². The van der Waals surface area contributed by atoms with E-state index in [-0.39, 0.29) is 85.3 Å². The fraction of sp³-hybridized carbons (Fsp3) is 0.154. The summed E-state index contributed by atoms with van der Waals surface area (Å²) >= 11 is 5.59. The maximum atomic E-state index is 12.7. The van der Waals surface area contributed by atoms with Crippen molar-refractivity contribution in [3.63, 3.8) is 0 Å². The number of aromatic carboxylic acids is 1. The Balaban J connectivity index is 0.00000312. The van der Waals surface area contributed by atoms with E-state index in [1.165, 1.54) is 12.1 Å². The summed E-state index contributed by atoms with van der Waals surface area (Å²) in [6.45, 7) is -0.380. The van der Waals surface area contributed by atoms with Gasteiger partial charge in [-0.1, -0.05) is 11.6 Å². The van der Waals surface area contributed by atoms with Crippen LogP contribution in [0.5, 0.6) is 0 Å². The third-order valence-electron chi connectivity index (χ3n) is 2.97. The van der Waals surface area contributed by atoms with Crippen LogP contribution in [-0.4, -0.2) is 20.8 Å². The summed E-state index contributed by atoms with van der Waals surface area (Å²) in [5, 5.41) is 30.4. The molecule has 0 fully saturated rings. The molecule has 0 aliphatic carbocycles. The fourth-order valence-corrected chi connectivity index (χ4v) is 1.99. The molecule has 0 unspecified atom stereocenters. The number of nitrogens with zero attached hydrogens (tertiary/aromatic N) is 2. The molecule has 2 aromatic rings. The van der Waals surface area contributed by atoms with Crippen LogP contribution in [0.4, 0.5) is 18.9 Å². The molecule has 0 aliphatic heterocycles. The molecule has 2 rings (SSSR count). The molecule has 0 aromatic carbocycles. The standard InChI is InChI=1S/C13H9ClF3N4O3.K/c14-9-2-1-8(10(20-9)12(22)23)19-4-6-3-7(13(15,16)17)5-21(24)11(6)18;/h1-3,5,18-19H,4H2,(H,22,23);/q-1;+1. The average molecular weight is 401 g/mol. The van der Waals surface area contributed by atoms with E-state index in [1.807, 2.05) is 0 Å². The van der Waals surface area contributed by atoms with Gasteiger partial charge in [-0.05, 0) is 18.2 Å². The maximum absolute atomic E-state index is 12.7. The quantitative estimate of drug-likeness (QED) is 0.481. The molecule has 0 spiro atoms. The molecule has 0 radical (unpaired) electrons. The first-order valence-electron chi connectivity index (χ1n) is 6.28. The van der Waals surface area contributed by atoms with Crippen molar-refractivity contribution in [2.75, 3.05) is 5.32 Å². The van der Waals surface area contributed by atoms with Crippen molar-refractivity contribution in [2.45, 2.75) is 12.7 Å². The summed E-state index contributed by atoms with van der Waals surface area (Å²) in [4.78, 5) is 14.7. The Morgan fingerprint density at radius 2 is 2.08 bits per heavy atom. The molecule has 0 aliphatic rings. The first-order valence-corrected chi connectivity index (χ1v) is 6.66. The van der Waals surface area contributed by atoms with Crippen molar-refractivity contribution in [1.82, 2.24) is 9.71 Å². The van der Waals surface area contributed by atoms with Gasteiger partial charge in [0.2, 0.25) is 0 Å². The van der Waals surface area contributed by atoms with Gasteiger partial charge in [0, 0.05) is 18.3 Å². The van der Waals surface area contributed by atoms with E-state index in [1.54, 1.807) is 0 Å². The Morgan fingerprint density at radius 3 is 2.64 bits per heavy atom. The maximum Gasteiger partial charge on any atom is 1.00 e. The van der Waals surface area contributed by atoms with Crippen LogP contribution in [0.3, 0.4) is 0 Å². The van der Waals surface area contributed by atoms with E-state index in [4.69, 9.17) is 22.1 Å². The number of halogens is 4. The average Bonchev–Trinajstić information content (AvgIpc) is 2.48. The number of hydrogen-bond donors (Lipinski definition) is 3. The van der Waals surface area contributed by atoms with Gasteiger partial charge in [-0.3, -0.25) is 5.41 Å². The van der Waals surface area contributed by atoms with Crippen molar-refractivity contribution in [3.05, 3.63) is 57.1 Å². The topological polar surface area (TPSA) is 114 Å². The molecule has 0 atom stereocenters. The minimum atomic E-state index is -4.75. The van der Waals surface area contributed by atoms with Gasteiger partial charge in [0.25, 0.3) is 0 Å². The van der Waals surface area contributed by atoms with Gasteiger partial charge in [-0.2, -0.15) is 13.2 Å². The molecule has 25 heavy (non-hydrogen) atoms. The molecule has 7 nitrogen and oxygen atoms in total. The predicted molar refractivity (Wildman–Crippen MR) is 77.6 cm³/mol. The molecule has 2 heterocycles. The van der Waals surface area contributed by atoms with E-state index in [0.717, 1.165) is 0 Å². The number of carboxylic acid groups (broad SMARTS) is 1. The van der Waals surface area contributed by atoms with Crippen molar-refractivity contribution in [3.8, 4) is 0 Å². The summed E-state index contributed by atoms with van der Waals surface area (Å²) < 4.78 is 38.0. The van der Waals surface area contributed by atoms with Crippen molar-refractivity contribution < 1.29 is 74.5 Å². The number of carboxylic acids is 1. The summed E-state index contributed by atoms with van der Waals surface area (Å²) in [5.74, 6) is -1.39. The number of anilines is 1. The van der Waals surface area contributed by atoms with Crippen molar-refractivity contribution in [1.29, 1.82) is 5.41 Å². The van der Waals surface area contributed by atoms with E-state index in [2.05, 4.69) is 10.3 Å². The molecule has 0 bridgehead atoms. The first-order chi connectivity index (χ1) is 11.1. The van der Waals surface area contributed by atoms with Crippen LogP contribution in [0.2, 0.25) is 5.15 Å². The Bertz CT molecular complexity index is 857. The van der Waals surface area contributed by atoms with Gasteiger partial charge in [0.1, 0.15) is 10.6 Å². The number of hydrogen-bond acceptors (Lipinski definition) is 5. The second kappa shape index (κ2) is 8.51. The van der Waals surface area contributed by atoms with Gasteiger partial charge in [-0.15, -0.1) is 0 Å². The predicted octanol–water partition coefficient (Wildman–Crippen LogP) is -0.305. The molecule has 12 heteroatoms. The van der Waals surface area contributed by atoms with E-state index >= 15 is 0 Å². The zero-order valence-corrected chi connectivity index (χ0v) is 16.6. The second-order valence-electron chi connectivity index (χ2n) is 4.62. The Morgan fingerprint density at radius 1 is 1.44 bits per heavy atom. The molecule has 128 valence electrons. The zero-order chi connectivity index (χ0) is 18.1. The monoisotopic (exact) mass is 400 g/mol. The largest absolute Gasteiger partial charge is 1.00 e. The number of nitrogens with one attached hydrogen (secondary N) is 2. The molecule has 2 aromatic heterocycles. The van der Waals surface area contributed by atoms with Crippen LogP contribution in [0, 0.1) is 10.6 Å². The zero-order valence-electron chi connectivity index (χ0n) is 12.7. The summed E-state index contributed by atoms with van der Waals surface area (Å²) in [6.07, 6.45) is -4.49. The van der Waals surface area contributed by atoms with Crippen LogP contribution in [0.1, 0.15) is 21.6 Å². The minimum Gasteiger partial charge on any atom is -0.805 e. The summed E-state index contributed by atoms with van der Waals surface area (Å²) in [7, 11) is 0. The molecule has 0 saturated carbocycles. The summed E-state index contributed by atoms with van der Waals surface area (Å²) in [6, 6.07) is 3.21. The van der Waals surface area contributed by atoms with Crippen molar-refractivity contribution in [2.24, 2.45) is 0 Å². The molecular weight excluding hydrogens is 392 g/mol. The van der Waals surface area contributed by atoms with Crippen LogP contribution >= 0.6 is 11.6 Å². The van der Waals surface area contributed by atoms with E-state index in [0.29, 0.717) is 6.07 Å². The van der Waals surface area contributed by atoms with Crippen LogP contribution in [0.25, 0.3) is 0 Å². The molecule has 0 amide bonds. The van der Waals surface area contributed by atoms with Gasteiger partial charge in [0.05, 0.1) is 11.3 Å². The van der Waals surface area contributed by atoms with E-state index < -0.39 is 28.9 Å². The minimum absolute atomic E-state index is 0. The van der Waals surface area contributed by atoms with Gasteiger partial charge < -0.3 is 20.4 Å². The third-order valence-corrected chi connectivity index (χ3v) is 3.18. The summed E-state index contributed by atoms with van der Waals surface area (Å²) in [5.41, 5.74) is -2.60. The molecule has 0 saturated heterocycles. The van der Waals surface area contributed by atoms with E-state index in [9.17, 15) is 23.2 Å². The number of rotatable bonds is 4. The Kier molecular flexibility index (Phi) is 7.47. The second-order valence-corrected chi connectivity index (χ2v) is 5.00. The molecular formula is C13H9ClF3KN4O3. The van der Waals surface area contributed by atoms with Crippen molar-refractivity contribution >= 4 is 23.3 Å². The Hall–Kier alpha value is -1.11. The van der Waals surface area contributed by atoms with Gasteiger partial charge in [0.15, 0.2) is 5.69 Å². The number of aromatic nitrogens is 2. The SMILES string of the molecule is N=c1c(CNc2ccc(Cl)nc2C(=O)O)cc(C(F)(F)F)cn1[O-].[K+]. The normalized spacial score (nSPS) is 10.9. The van der Waals surface area contributed by atoms with Crippen LogP contribution in [0.15, 0.2) is 24.4 Å². The van der Waals surface area contributed by atoms with Gasteiger partial charge >= 0.3 is 63.5 Å². The fourth-order valence-electron chi connectivity index (χ4n) is 1.85. The van der Waals surface area contributed by atoms with Crippen LogP contribution in [-0.2, 0) is 12.7 Å². The Labute approximate surface area is 186 Å².